The highest BCUT2D eigenvalue weighted by atomic mass is 16.5. The highest BCUT2D eigenvalue weighted by molar-refractivity contribution is 4.63. The molecule has 0 rings (SSSR count). The average molecular weight is 205 g/mol. The van der Waals surface area contributed by atoms with Crippen molar-refractivity contribution in [2.24, 2.45) is 0 Å². The van der Waals surface area contributed by atoms with E-state index < -0.39 is 0 Å². The van der Waals surface area contributed by atoms with Crippen LogP contribution in [0.5, 0.6) is 0 Å². The van der Waals surface area contributed by atoms with Crippen molar-refractivity contribution in [1.29, 1.82) is 0 Å². The Morgan fingerprint density at radius 1 is 1.14 bits per heavy atom. The summed E-state index contributed by atoms with van der Waals surface area (Å²) >= 11 is 0. The summed E-state index contributed by atoms with van der Waals surface area (Å²) in [5, 5.41) is 12.1. The van der Waals surface area contributed by atoms with Crippen LogP contribution in [0.1, 0.15) is 20.3 Å². The summed E-state index contributed by atoms with van der Waals surface area (Å²) in [6.45, 7) is 7.74. The first-order valence-electron chi connectivity index (χ1n) is 5.34. The number of ether oxygens (including phenoxy) is 2. The minimum absolute atomic E-state index is 0.159. The largest absolute Gasteiger partial charge is 0.395 e. The van der Waals surface area contributed by atoms with Gasteiger partial charge in [0.25, 0.3) is 0 Å². The first kappa shape index (κ1) is 13.8. The molecule has 4 nitrogen and oxygen atoms in total. The summed E-state index contributed by atoms with van der Waals surface area (Å²) < 4.78 is 10.5. The smallest absolute Gasteiger partial charge is 0.0700 e. The van der Waals surface area contributed by atoms with E-state index in [1.807, 2.05) is 13.8 Å². The van der Waals surface area contributed by atoms with E-state index in [0.29, 0.717) is 19.8 Å². The second-order valence-corrected chi connectivity index (χ2v) is 3.04. The van der Waals surface area contributed by atoms with Gasteiger partial charge in [0.05, 0.1) is 19.8 Å². The lowest BCUT2D eigenvalue weighted by Crippen LogP contribution is -2.33. The van der Waals surface area contributed by atoms with E-state index in [-0.39, 0.29) is 12.6 Å². The van der Waals surface area contributed by atoms with Crippen LogP contribution in [0.15, 0.2) is 0 Å². The molecule has 0 spiro atoms. The maximum absolute atomic E-state index is 8.96. The molecule has 0 aromatic heterocycles. The van der Waals surface area contributed by atoms with Crippen LogP contribution in [0.25, 0.3) is 0 Å². The Labute approximate surface area is 86.6 Å². The predicted molar refractivity (Wildman–Crippen MR) is 56.5 cm³/mol. The summed E-state index contributed by atoms with van der Waals surface area (Å²) in [5.41, 5.74) is 0. The van der Waals surface area contributed by atoms with Crippen molar-refractivity contribution < 1.29 is 14.6 Å². The first-order chi connectivity index (χ1) is 6.85. The topological polar surface area (TPSA) is 50.7 Å². The van der Waals surface area contributed by atoms with Gasteiger partial charge in [-0.1, -0.05) is 6.92 Å². The molecular formula is C10H23NO3. The van der Waals surface area contributed by atoms with E-state index >= 15 is 0 Å². The highest BCUT2D eigenvalue weighted by Crippen LogP contribution is 1.91. The van der Waals surface area contributed by atoms with Crippen LogP contribution in [-0.4, -0.2) is 50.7 Å². The molecule has 0 bridgehead atoms. The molecule has 1 atom stereocenters. The third-order valence-electron chi connectivity index (χ3n) is 1.90. The van der Waals surface area contributed by atoms with Crippen LogP contribution in [0.4, 0.5) is 0 Å². The lowest BCUT2D eigenvalue weighted by molar-refractivity contribution is 0.0468. The normalized spacial score (nSPS) is 13.1. The van der Waals surface area contributed by atoms with Gasteiger partial charge in [0.2, 0.25) is 0 Å². The maximum Gasteiger partial charge on any atom is 0.0700 e. The summed E-state index contributed by atoms with van der Waals surface area (Å²) in [6.07, 6.45) is 0.844. The Hall–Kier alpha value is -0.160. The third kappa shape index (κ3) is 8.44. The number of nitrogens with one attached hydrogen (secondary N) is 1. The van der Waals surface area contributed by atoms with E-state index in [2.05, 4.69) is 5.32 Å². The van der Waals surface area contributed by atoms with Crippen molar-refractivity contribution >= 4 is 0 Å². The molecule has 14 heavy (non-hydrogen) atoms. The molecule has 0 radical (unpaired) electrons. The molecule has 0 aliphatic carbocycles. The van der Waals surface area contributed by atoms with E-state index in [0.717, 1.165) is 19.6 Å². The maximum atomic E-state index is 8.96. The SMILES string of the molecule is CCNC(CO)CCOCCOCC. The molecular weight excluding hydrogens is 182 g/mol. The predicted octanol–water partition coefficient (Wildman–Crippen LogP) is 0.400. The van der Waals surface area contributed by atoms with Gasteiger partial charge < -0.3 is 19.9 Å². The van der Waals surface area contributed by atoms with Gasteiger partial charge in [-0.15, -0.1) is 0 Å². The summed E-state index contributed by atoms with van der Waals surface area (Å²) in [4.78, 5) is 0. The second kappa shape index (κ2) is 10.9. The highest BCUT2D eigenvalue weighted by Gasteiger charge is 2.04. The molecule has 0 heterocycles. The van der Waals surface area contributed by atoms with Gasteiger partial charge in [-0.05, 0) is 19.9 Å². The molecule has 86 valence electrons. The van der Waals surface area contributed by atoms with E-state index in [1.54, 1.807) is 0 Å². The fraction of sp³-hybridized carbons (Fsp3) is 1.00. The van der Waals surface area contributed by atoms with Crippen molar-refractivity contribution in [3.63, 3.8) is 0 Å². The fourth-order valence-corrected chi connectivity index (χ4v) is 1.14. The number of likely N-dealkylation sites (N-methyl/N-ethyl adjacent to an activating group) is 1. The van der Waals surface area contributed by atoms with Gasteiger partial charge in [-0.25, -0.2) is 0 Å². The summed E-state index contributed by atoms with van der Waals surface area (Å²) in [5.74, 6) is 0. The number of aliphatic hydroxyl groups excluding tert-OH is 1. The zero-order valence-electron chi connectivity index (χ0n) is 9.29. The van der Waals surface area contributed by atoms with Crippen LogP contribution < -0.4 is 5.32 Å². The molecule has 0 fully saturated rings. The molecule has 0 aliphatic rings. The minimum Gasteiger partial charge on any atom is -0.395 e. The van der Waals surface area contributed by atoms with Crippen molar-refractivity contribution in [2.45, 2.75) is 26.3 Å². The first-order valence-corrected chi connectivity index (χ1v) is 5.34. The molecule has 0 saturated carbocycles. The molecule has 0 aromatic carbocycles. The monoisotopic (exact) mass is 205 g/mol. The molecule has 4 heteroatoms. The van der Waals surface area contributed by atoms with Crippen molar-refractivity contribution in [1.82, 2.24) is 5.32 Å². The van der Waals surface area contributed by atoms with Crippen molar-refractivity contribution in [3.05, 3.63) is 0 Å². The zero-order valence-corrected chi connectivity index (χ0v) is 9.29. The Morgan fingerprint density at radius 2 is 1.86 bits per heavy atom. The van der Waals surface area contributed by atoms with Gasteiger partial charge in [0.15, 0.2) is 0 Å². The van der Waals surface area contributed by atoms with Crippen LogP contribution in [0.3, 0.4) is 0 Å². The van der Waals surface area contributed by atoms with E-state index in [1.165, 1.54) is 0 Å². The Balaban J connectivity index is 3.15. The molecule has 0 amide bonds. The molecule has 0 aromatic rings. The summed E-state index contributed by atoms with van der Waals surface area (Å²) in [7, 11) is 0. The Morgan fingerprint density at radius 3 is 2.43 bits per heavy atom. The van der Waals surface area contributed by atoms with E-state index in [9.17, 15) is 0 Å². The second-order valence-electron chi connectivity index (χ2n) is 3.04. The van der Waals surface area contributed by atoms with Gasteiger partial charge in [-0.2, -0.15) is 0 Å². The quantitative estimate of drug-likeness (QED) is 0.507. The lowest BCUT2D eigenvalue weighted by atomic mass is 10.2. The number of hydrogen-bond donors (Lipinski definition) is 2. The lowest BCUT2D eigenvalue weighted by Gasteiger charge is -2.14. The van der Waals surface area contributed by atoms with Gasteiger partial charge >= 0.3 is 0 Å². The molecule has 2 N–H and O–H groups in total. The number of rotatable bonds is 10. The van der Waals surface area contributed by atoms with E-state index in [4.69, 9.17) is 14.6 Å². The molecule has 0 aliphatic heterocycles. The fourth-order valence-electron chi connectivity index (χ4n) is 1.14. The van der Waals surface area contributed by atoms with Gasteiger partial charge in [0, 0.05) is 19.3 Å². The Bertz CT molecular complexity index is 112. The van der Waals surface area contributed by atoms with Crippen molar-refractivity contribution in [2.75, 3.05) is 39.6 Å². The van der Waals surface area contributed by atoms with Crippen molar-refractivity contribution in [3.8, 4) is 0 Å². The minimum atomic E-state index is 0.159. The summed E-state index contributed by atoms with van der Waals surface area (Å²) in [6, 6.07) is 0.159. The standard InChI is InChI=1S/C10H23NO3/c1-3-11-10(9-12)5-6-14-8-7-13-4-2/h10-12H,3-9H2,1-2H3. The van der Waals surface area contributed by atoms with Crippen LogP contribution >= 0.6 is 0 Å². The number of hydrogen-bond acceptors (Lipinski definition) is 4. The van der Waals surface area contributed by atoms with Gasteiger partial charge in [0.1, 0.15) is 0 Å². The third-order valence-corrected chi connectivity index (χ3v) is 1.90. The van der Waals surface area contributed by atoms with Gasteiger partial charge in [-0.3, -0.25) is 0 Å². The zero-order chi connectivity index (χ0) is 10.6. The van der Waals surface area contributed by atoms with Crippen LogP contribution in [-0.2, 0) is 9.47 Å². The molecule has 1 unspecified atom stereocenters. The Kier molecular flexibility index (Phi) is 10.8. The van der Waals surface area contributed by atoms with Crippen LogP contribution in [0.2, 0.25) is 0 Å². The van der Waals surface area contributed by atoms with Crippen LogP contribution in [0, 0.1) is 0 Å². The number of aliphatic hydroxyl groups is 1. The average Bonchev–Trinajstić information content (AvgIpc) is 2.21. The molecule has 0 saturated heterocycles.